The molecule has 0 atom stereocenters. The fourth-order valence-corrected chi connectivity index (χ4v) is 2.74. The molecule has 3 aromatic rings. The predicted octanol–water partition coefficient (Wildman–Crippen LogP) is 5.16. The molecule has 1 aliphatic rings. The number of carbonyl (C=O) groups excluding carboxylic acids is 1. The van der Waals surface area contributed by atoms with Crippen LogP contribution in [-0.4, -0.2) is 5.78 Å². The Bertz CT molecular complexity index is 1040. The Morgan fingerprint density at radius 3 is 2.52 bits per heavy atom. The van der Waals surface area contributed by atoms with Gasteiger partial charge in [0, 0.05) is 11.6 Å². The summed E-state index contributed by atoms with van der Waals surface area (Å²) in [5, 5.41) is 0. The number of hydrogen-bond donors (Lipinski definition) is 0. The van der Waals surface area contributed by atoms with Crippen molar-refractivity contribution in [2.24, 2.45) is 0 Å². The van der Waals surface area contributed by atoms with E-state index in [9.17, 15) is 13.6 Å². The van der Waals surface area contributed by atoms with Crippen molar-refractivity contribution in [3.8, 4) is 11.5 Å². The fourth-order valence-electron chi connectivity index (χ4n) is 2.74. The largest absolute Gasteiger partial charge is 0.489 e. The predicted molar refractivity (Wildman–Crippen MR) is 96.5 cm³/mol. The summed E-state index contributed by atoms with van der Waals surface area (Å²) >= 11 is 0. The molecule has 3 nitrogen and oxygen atoms in total. The topological polar surface area (TPSA) is 35.5 Å². The number of ketones is 1. The van der Waals surface area contributed by atoms with E-state index in [1.807, 2.05) is 0 Å². The smallest absolute Gasteiger partial charge is 0.231 e. The lowest BCUT2D eigenvalue weighted by atomic mass is 10.1. The Morgan fingerprint density at radius 2 is 1.74 bits per heavy atom. The van der Waals surface area contributed by atoms with Gasteiger partial charge in [-0.15, -0.1) is 0 Å². The molecule has 3 aromatic carbocycles. The first kappa shape index (κ1) is 17.0. The van der Waals surface area contributed by atoms with Crippen LogP contribution in [0.25, 0.3) is 6.08 Å². The lowest BCUT2D eigenvalue weighted by Crippen LogP contribution is -1.98. The first-order chi connectivity index (χ1) is 13.1. The minimum atomic E-state index is -0.351. The maximum Gasteiger partial charge on any atom is 0.231 e. The van der Waals surface area contributed by atoms with Crippen LogP contribution in [0.3, 0.4) is 0 Å². The summed E-state index contributed by atoms with van der Waals surface area (Å²) in [6.45, 7) is 0.0671. The number of benzene rings is 3. The molecule has 0 amide bonds. The van der Waals surface area contributed by atoms with Gasteiger partial charge in [0.15, 0.2) is 5.76 Å². The van der Waals surface area contributed by atoms with Gasteiger partial charge in [0.2, 0.25) is 5.78 Å². The lowest BCUT2D eigenvalue weighted by molar-refractivity contribution is 0.101. The van der Waals surface area contributed by atoms with E-state index in [-0.39, 0.29) is 29.8 Å². The Hall–Kier alpha value is -3.47. The van der Waals surface area contributed by atoms with Gasteiger partial charge in [-0.05, 0) is 42.0 Å². The van der Waals surface area contributed by atoms with Crippen LogP contribution in [0.5, 0.6) is 11.5 Å². The third-order valence-corrected chi connectivity index (χ3v) is 4.16. The van der Waals surface area contributed by atoms with E-state index < -0.39 is 0 Å². The Labute approximate surface area is 154 Å². The highest BCUT2D eigenvalue weighted by molar-refractivity contribution is 6.14. The maximum absolute atomic E-state index is 13.7. The van der Waals surface area contributed by atoms with E-state index in [0.717, 1.165) is 0 Å². The van der Waals surface area contributed by atoms with Gasteiger partial charge in [0.1, 0.15) is 29.7 Å². The highest BCUT2D eigenvalue weighted by Gasteiger charge is 2.27. The van der Waals surface area contributed by atoms with E-state index in [1.165, 1.54) is 18.2 Å². The molecule has 0 saturated heterocycles. The van der Waals surface area contributed by atoms with Gasteiger partial charge >= 0.3 is 0 Å². The highest BCUT2D eigenvalue weighted by atomic mass is 19.1. The molecule has 0 fully saturated rings. The summed E-state index contributed by atoms with van der Waals surface area (Å²) in [6.07, 6.45) is 1.56. The van der Waals surface area contributed by atoms with Gasteiger partial charge < -0.3 is 9.47 Å². The van der Waals surface area contributed by atoms with Crippen molar-refractivity contribution in [2.75, 3.05) is 0 Å². The molecule has 0 aromatic heterocycles. The Balaban J connectivity index is 1.52. The third kappa shape index (κ3) is 3.58. The van der Waals surface area contributed by atoms with E-state index in [0.29, 0.717) is 28.2 Å². The number of allylic oxidation sites excluding steroid dienone is 1. The van der Waals surface area contributed by atoms with Crippen LogP contribution in [0.1, 0.15) is 21.5 Å². The molecule has 0 saturated carbocycles. The maximum atomic E-state index is 13.7. The summed E-state index contributed by atoms with van der Waals surface area (Å²) < 4.78 is 37.9. The highest BCUT2D eigenvalue weighted by Crippen LogP contribution is 2.35. The van der Waals surface area contributed by atoms with Crippen molar-refractivity contribution >= 4 is 11.9 Å². The molecule has 0 radical (unpaired) electrons. The Morgan fingerprint density at radius 1 is 0.963 bits per heavy atom. The number of rotatable bonds is 4. The van der Waals surface area contributed by atoms with Crippen LogP contribution in [0.2, 0.25) is 0 Å². The van der Waals surface area contributed by atoms with Crippen molar-refractivity contribution in [3.63, 3.8) is 0 Å². The van der Waals surface area contributed by atoms with Crippen molar-refractivity contribution in [3.05, 3.63) is 101 Å². The summed E-state index contributed by atoms with van der Waals surface area (Å²) in [5.74, 6) is 0.0513. The molecular formula is C22H14F2O3. The lowest BCUT2D eigenvalue weighted by Gasteiger charge is -2.08. The van der Waals surface area contributed by atoms with E-state index in [2.05, 4.69) is 0 Å². The molecular weight excluding hydrogens is 350 g/mol. The quantitative estimate of drug-likeness (QED) is 0.600. The molecule has 27 heavy (non-hydrogen) atoms. The molecule has 0 aliphatic carbocycles. The number of carbonyl (C=O) groups is 1. The van der Waals surface area contributed by atoms with E-state index in [4.69, 9.17) is 9.47 Å². The average Bonchev–Trinajstić information content (AvgIpc) is 2.98. The van der Waals surface area contributed by atoms with Gasteiger partial charge in [0.05, 0.1) is 5.56 Å². The zero-order valence-electron chi connectivity index (χ0n) is 14.1. The van der Waals surface area contributed by atoms with Crippen LogP contribution in [0.4, 0.5) is 8.78 Å². The van der Waals surface area contributed by atoms with Crippen LogP contribution in [-0.2, 0) is 6.61 Å². The first-order valence-electron chi connectivity index (χ1n) is 8.30. The third-order valence-electron chi connectivity index (χ3n) is 4.16. The molecule has 0 bridgehead atoms. The molecule has 1 heterocycles. The summed E-state index contributed by atoms with van der Waals surface area (Å²) in [6, 6.07) is 17.0. The molecule has 0 spiro atoms. The van der Waals surface area contributed by atoms with Crippen molar-refractivity contribution < 1.29 is 23.0 Å². The van der Waals surface area contributed by atoms with Gasteiger partial charge in [-0.1, -0.05) is 30.3 Å². The monoisotopic (exact) mass is 364 g/mol. The first-order valence-corrected chi connectivity index (χ1v) is 8.30. The van der Waals surface area contributed by atoms with E-state index in [1.54, 1.807) is 54.6 Å². The fraction of sp³-hybridized carbons (Fsp3) is 0.0455. The molecule has 4 rings (SSSR count). The summed E-state index contributed by atoms with van der Waals surface area (Å²) in [5.41, 5.74) is 1.51. The van der Waals surface area contributed by atoms with Crippen molar-refractivity contribution in [2.45, 2.75) is 6.61 Å². The standard InChI is InChI=1S/C22H14F2O3/c23-16-7-5-14(6-8-16)11-21-22(25)18-10-9-17(12-20(18)27-21)26-13-15-3-1-2-4-19(15)24/h1-12H,13H2. The van der Waals surface area contributed by atoms with Crippen LogP contribution >= 0.6 is 0 Å². The molecule has 0 unspecified atom stereocenters. The number of Topliss-reactive ketones (excluding diaryl/α,β-unsaturated/α-hetero) is 1. The zero-order chi connectivity index (χ0) is 18.8. The van der Waals surface area contributed by atoms with Crippen LogP contribution < -0.4 is 9.47 Å². The number of fused-ring (bicyclic) bond motifs is 1. The second-order valence-electron chi connectivity index (χ2n) is 6.03. The van der Waals surface area contributed by atoms with E-state index >= 15 is 0 Å². The SMILES string of the molecule is O=C1C(=Cc2ccc(F)cc2)Oc2cc(OCc3ccccc3F)ccc21. The van der Waals surface area contributed by atoms with Crippen molar-refractivity contribution in [1.29, 1.82) is 0 Å². The zero-order valence-corrected chi connectivity index (χ0v) is 14.1. The molecule has 134 valence electrons. The number of hydrogen-bond acceptors (Lipinski definition) is 3. The second kappa shape index (κ2) is 7.03. The summed E-state index contributed by atoms with van der Waals surface area (Å²) in [7, 11) is 0. The van der Waals surface area contributed by atoms with Crippen molar-refractivity contribution in [1.82, 2.24) is 0 Å². The van der Waals surface area contributed by atoms with Crippen LogP contribution in [0, 0.1) is 11.6 Å². The van der Waals surface area contributed by atoms with Gasteiger partial charge in [-0.2, -0.15) is 0 Å². The minimum absolute atomic E-state index is 0.0671. The van der Waals surface area contributed by atoms with Crippen LogP contribution in [0.15, 0.2) is 72.5 Å². The number of ether oxygens (including phenoxy) is 2. The normalized spacial score (nSPS) is 14.1. The Kier molecular flexibility index (Phi) is 4.42. The molecule has 1 aliphatic heterocycles. The summed E-state index contributed by atoms with van der Waals surface area (Å²) in [4.78, 5) is 12.4. The number of halogens is 2. The van der Waals surface area contributed by atoms with Gasteiger partial charge in [-0.25, -0.2) is 8.78 Å². The minimum Gasteiger partial charge on any atom is -0.489 e. The average molecular weight is 364 g/mol. The second-order valence-corrected chi connectivity index (χ2v) is 6.03. The van der Waals surface area contributed by atoms with Gasteiger partial charge in [-0.3, -0.25) is 4.79 Å². The molecule has 0 N–H and O–H groups in total. The van der Waals surface area contributed by atoms with Gasteiger partial charge in [0.25, 0.3) is 0 Å². The molecule has 5 heteroatoms.